The number of carbonyl (C=O) groups excluding carboxylic acids is 1. The van der Waals surface area contributed by atoms with Gasteiger partial charge in [-0.25, -0.2) is 0 Å². The maximum atomic E-state index is 11.9. The number of benzene rings is 1. The maximum absolute atomic E-state index is 11.9. The molecule has 2 aromatic rings. The van der Waals surface area contributed by atoms with Gasteiger partial charge in [0.15, 0.2) is 6.10 Å². The van der Waals surface area contributed by atoms with Gasteiger partial charge in [0.2, 0.25) is 0 Å². The molecule has 0 radical (unpaired) electrons. The number of para-hydroxylation sites is 1. The predicted molar refractivity (Wildman–Crippen MR) is 77.5 cm³/mol. The smallest absolute Gasteiger partial charge is 0.260 e. The van der Waals surface area contributed by atoms with E-state index in [-0.39, 0.29) is 5.91 Å². The summed E-state index contributed by atoms with van der Waals surface area (Å²) in [5, 5.41) is 2.85. The van der Waals surface area contributed by atoms with Gasteiger partial charge in [0.1, 0.15) is 5.75 Å². The highest BCUT2D eigenvalue weighted by molar-refractivity contribution is 5.80. The summed E-state index contributed by atoms with van der Waals surface area (Å²) in [5.74, 6) is 0.574. The van der Waals surface area contributed by atoms with Gasteiger partial charge in [-0.1, -0.05) is 24.3 Å². The van der Waals surface area contributed by atoms with Crippen LogP contribution < -0.4 is 10.1 Å². The molecule has 0 saturated carbocycles. The summed E-state index contributed by atoms with van der Waals surface area (Å²) in [6, 6.07) is 15.1. The lowest BCUT2D eigenvalue weighted by Gasteiger charge is -2.14. The van der Waals surface area contributed by atoms with Crippen molar-refractivity contribution in [2.75, 3.05) is 6.54 Å². The van der Waals surface area contributed by atoms with E-state index in [4.69, 9.17) is 4.74 Å². The minimum atomic E-state index is -0.513. The molecule has 20 heavy (non-hydrogen) atoms. The Morgan fingerprint density at radius 3 is 2.65 bits per heavy atom. The lowest BCUT2D eigenvalue weighted by Crippen LogP contribution is -2.37. The van der Waals surface area contributed by atoms with Crippen LogP contribution in [0.3, 0.4) is 0 Å². The molecule has 1 aromatic heterocycles. The summed E-state index contributed by atoms with van der Waals surface area (Å²) < 4.78 is 5.55. The number of hydrogen-bond acceptors (Lipinski definition) is 3. The number of aromatic nitrogens is 1. The summed E-state index contributed by atoms with van der Waals surface area (Å²) in [6.07, 6.45) is 1.95. The Labute approximate surface area is 118 Å². The molecule has 0 saturated heterocycles. The van der Waals surface area contributed by atoms with E-state index < -0.39 is 6.10 Å². The minimum Gasteiger partial charge on any atom is -0.481 e. The SMILES string of the molecule is C[C@@H](Oc1ccccc1)C(=O)NCCc1ccccn1. The van der Waals surface area contributed by atoms with Crippen LogP contribution in [0.25, 0.3) is 0 Å². The van der Waals surface area contributed by atoms with Crippen molar-refractivity contribution < 1.29 is 9.53 Å². The monoisotopic (exact) mass is 270 g/mol. The number of rotatable bonds is 6. The quantitative estimate of drug-likeness (QED) is 0.875. The first-order valence-electron chi connectivity index (χ1n) is 6.65. The molecule has 0 fully saturated rings. The number of hydrogen-bond donors (Lipinski definition) is 1. The van der Waals surface area contributed by atoms with Crippen LogP contribution in [-0.2, 0) is 11.2 Å². The number of nitrogens with zero attached hydrogens (tertiary/aromatic N) is 1. The second kappa shape index (κ2) is 7.28. The molecule has 0 bridgehead atoms. The summed E-state index contributed by atoms with van der Waals surface area (Å²) >= 11 is 0. The molecule has 1 N–H and O–H groups in total. The summed E-state index contributed by atoms with van der Waals surface area (Å²) in [5.41, 5.74) is 0.962. The Kier molecular flexibility index (Phi) is 5.12. The van der Waals surface area contributed by atoms with Gasteiger partial charge in [0.05, 0.1) is 0 Å². The van der Waals surface area contributed by atoms with Crippen molar-refractivity contribution >= 4 is 5.91 Å². The van der Waals surface area contributed by atoms with Gasteiger partial charge >= 0.3 is 0 Å². The molecular weight excluding hydrogens is 252 g/mol. The molecule has 4 heteroatoms. The molecule has 1 heterocycles. The van der Waals surface area contributed by atoms with Crippen LogP contribution in [0.2, 0.25) is 0 Å². The first kappa shape index (κ1) is 14.1. The maximum Gasteiger partial charge on any atom is 0.260 e. The number of nitrogens with one attached hydrogen (secondary N) is 1. The third-order valence-corrected chi connectivity index (χ3v) is 2.83. The van der Waals surface area contributed by atoms with Crippen molar-refractivity contribution in [3.8, 4) is 5.75 Å². The fourth-order valence-electron chi connectivity index (χ4n) is 1.76. The van der Waals surface area contributed by atoms with Crippen molar-refractivity contribution in [1.82, 2.24) is 10.3 Å². The summed E-state index contributed by atoms with van der Waals surface area (Å²) in [7, 11) is 0. The second-order valence-corrected chi connectivity index (χ2v) is 4.44. The Hall–Kier alpha value is -2.36. The highest BCUT2D eigenvalue weighted by Gasteiger charge is 2.13. The van der Waals surface area contributed by atoms with Gasteiger partial charge in [-0.05, 0) is 31.2 Å². The Morgan fingerprint density at radius 2 is 1.95 bits per heavy atom. The molecule has 0 unspecified atom stereocenters. The van der Waals surface area contributed by atoms with E-state index in [0.717, 1.165) is 5.69 Å². The number of pyridine rings is 1. The van der Waals surface area contributed by atoms with Crippen LogP contribution in [0.15, 0.2) is 54.7 Å². The average molecular weight is 270 g/mol. The van der Waals surface area contributed by atoms with Gasteiger partial charge in [-0.3, -0.25) is 9.78 Å². The number of carbonyl (C=O) groups is 1. The fraction of sp³-hybridized carbons (Fsp3) is 0.250. The highest BCUT2D eigenvalue weighted by atomic mass is 16.5. The lowest BCUT2D eigenvalue weighted by molar-refractivity contribution is -0.127. The molecule has 104 valence electrons. The standard InChI is InChI=1S/C16H18N2O2/c1-13(20-15-8-3-2-4-9-15)16(19)18-12-10-14-7-5-6-11-17-14/h2-9,11,13H,10,12H2,1H3,(H,18,19)/t13-/m1/s1. The zero-order chi connectivity index (χ0) is 14.2. The van der Waals surface area contributed by atoms with Crippen LogP contribution >= 0.6 is 0 Å². The molecule has 1 aromatic carbocycles. The molecule has 0 aliphatic carbocycles. The molecular formula is C16H18N2O2. The van der Waals surface area contributed by atoms with Crippen molar-refractivity contribution in [3.63, 3.8) is 0 Å². The van der Waals surface area contributed by atoms with Crippen molar-refractivity contribution in [2.45, 2.75) is 19.4 Å². The molecule has 2 rings (SSSR count). The topological polar surface area (TPSA) is 51.2 Å². The second-order valence-electron chi connectivity index (χ2n) is 4.44. The van der Waals surface area contributed by atoms with Crippen LogP contribution in [0.4, 0.5) is 0 Å². The van der Waals surface area contributed by atoms with E-state index in [0.29, 0.717) is 18.7 Å². The molecule has 4 nitrogen and oxygen atoms in total. The van der Waals surface area contributed by atoms with E-state index in [1.807, 2.05) is 48.5 Å². The van der Waals surface area contributed by atoms with Crippen LogP contribution in [-0.4, -0.2) is 23.5 Å². The lowest BCUT2D eigenvalue weighted by atomic mass is 10.2. The molecule has 1 atom stereocenters. The summed E-state index contributed by atoms with van der Waals surface area (Å²) in [4.78, 5) is 16.1. The third kappa shape index (κ3) is 4.39. The molecule has 0 aliphatic rings. The van der Waals surface area contributed by atoms with Crippen LogP contribution in [0.5, 0.6) is 5.75 Å². The van der Waals surface area contributed by atoms with Crippen LogP contribution in [0.1, 0.15) is 12.6 Å². The molecule has 0 spiro atoms. The van der Waals surface area contributed by atoms with Crippen LogP contribution in [0, 0.1) is 0 Å². The van der Waals surface area contributed by atoms with E-state index in [2.05, 4.69) is 10.3 Å². The zero-order valence-corrected chi connectivity index (χ0v) is 11.5. The predicted octanol–water partition coefficient (Wildman–Crippen LogP) is 2.21. The van der Waals surface area contributed by atoms with Gasteiger partial charge in [0.25, 0.3) is 5.91 Å². The Balaban J connectivity index is 1.74. The van der Waals surface area contributed by atoms with E-state index in [1.54, 1.807) is 13.1 Å². The largest absolute Gasteiger partial charge is 0.481 e. The van der Waals surface area contributed by atoms with Crippen molar-refractivity contribution in [2.24, 2.45) is 0 Å². The van der Waals surface area contributed by atoms with Gasteiger partial charge in [-0.2, -0.15) is 0 Å². The van der Waals surface area contributed by atoms with E-state index >= 15 is 0 Å². The fourth-order valence-corrected chi connectivity index (χ4v) is 1.76. The highest BCUT2D eigenvalue weighted by Crippen LogP contribution is 2.10. The Morgan fingerprint density at radius 1 is 1.20 bits per heavy atom. The molecule has 1 amide bonds. The molecule has 0 aliphatic heterocycles. The number of amides is 1. The van der Waals surface area contributed by atoms with Gasteiger partial charge < -0.3 is 10.1 Å². The van der Waals surface area contributed by atoms with Crippen molar-refractivity contribution in [1.29, 1.82) is 0 Å². The first-order valence-corrected chi connectivity index (χ1v) is 6.65. The Bertz CT molecular complexity index is 529. The van der Waals surface area contributed by atoms with E-state index in [1.165, 1.54) is 0 Å². The van der Waals surface area contributed by atoms with Gasteiger partial charge in [0, 0.05) is 24.9 Å². The minimum absolute atomic E-state index is 0.121. The van der Waals surface area contributed by atoms with E-state index in [9.17, 15) is 4.79 Å². The normalized spacial score (nSPS) is 11.7. The zero-order valence-electron chi connectivity index (χ0n) is 11.5. The first-order chi connectivity index (χ1) is 9.75. The third-order valence-electron chi connectivity index (χ3n) is 2.83. The average Bonchev–Trinajstić information content (AvgIpc) is 2.49. The van der Waals surface area contributed by atoms with Gasteiger partial charge in [-0.15, -0.1) is 0 Å². The number of ether oxygens (including phenoxy) is 1. The summed E-state index contributed by atoms with van der Waals surface area (Å²) in [6.45, 7) is 2.29. The van der Waals surface area contributed by atoms with Crippen molar-refractivity contribution in [3.05, 3.63) is 60.4 Å².